The lowest BCUT2D eigenvalue weighted by molar-refractivity contribution is 0.0939. The van der Waals surface area contributed by atoms with Gasteiger partial charge >= 0.3 is 0 Å². The summed E-state index contributed by atoms with van der Waals surface area (Å²) in [6, 6.07) is 6.49. The molecule has 0 heterocycles. The van der Waals surface area contributed by atoms with Crippen molar-refractivity contribution >= 4 is 5.91 Å². The molecule has 3 heteroatoms. The number of aromatic hydroxyl groups is 1. The highest BCUT2D eigenvalue weighted by molar-refractivity contribution is 5.94. The number of nitrogens with one attached hydrogen (secondary N) is 1. The third-order valence-electron chi connectivity index (χ3n) is 2.10. The normalized spacial score (nSPS) is 12.1. The van der Waals surface area contributed by atoms with Gasteiger partial charge in [-0.1, -0.05) is 13.0 Å². The van der Waals surface area contributed by atoms with Crippen molar-refractivity contribution in [3.05, 3.63) is 29.8 Å². The minimum atomic E-state index is -0.143. The number of rotatable bonds is 3. The van der Waals surface area contributed by atoms with Gasteiger partial charge in [0.05, 0.1) is 0 Å². The van der Waals surface area contributed by atoms with Gasteiger partial charge in [-0.3, -0.25) is 4.79 Å². The number of benzene rings is 1. The molecule has 1 atom stereocenters. The van der Waals surface area contributed by atoms with Crippen LogP contribution < -0.4 is 5.32 Å². The summed E-state index contributed by atoms with van der Waals surface area (Å²) in [5.74, 6) is -0.0305. The monoisotopic (exact) mass is 193 g/mol. The average molecular weight is 193 g/mol. The Morgan fingerprint density at radius 1 is 1.57 bits per heavy atom. The first-order valence-electron chi connectivity index (χ1n) is 4.73. The summed E-state index contributed by atoms with van der Waals surface area (Å²) < 4.78 is 0. The van der Waals surface area contributed by atoms with Crippen molar-refractivity contribution in [1.29, 1.82) is 0 Å². The maximum absolute atomic E-state index is 11.5. The molecule has 0 saturated carbocycles. The van der Waals surface area contributed by atoms with Gasteiger partial charge in [-0.15, -0.1) is 0 Å². The fourth-order valence-corrected chi connectivity index (χ4v) is 1.06. The molecule has 1 aromatic carbocycles. The minimum Gasteiger partial charge on any atom is -0.508 e. The molecule has 1 rings (SSSR count). The molecule has 0 saturated heterocycles. The van der Waals surface area contributed by atoms with Gasteiger partial charge in [0.25, 0.3) is 5.91 Å². The van der Waals surface area contributed by atoms with Gasteiger partial charge in [-0.25, -0.2) is 0 Å². The number of amides is 1. The molecule has 0 bridgehead atoms. The molecule has 0 aromatic heterocycles. The van der Waals surface area contributed by atoms with Gasteiger partial charge in [-0.2, -0.15) is 0 Å². The third-order valence-corrected chi connectivity index (χ3v) is 2.10. The van der Waals surface area contributed by atoms with Crippen LogP contribution in [0.4, 0.5) is 0 Å². The Balaban J connectivity index is 2.70. The van der Waals surface area contributed by atoms with Crippen LogP contribution in [0.1, 0.15) is 30.6 Å². The van der Waals surface area contributed by atoms with Gasteiger partial charge in [0.2, 0.25) is 0 Å². The summed E-state index contributed by atoms with van der Waals surface area (Å²) in [5, 5.41) is 12.0. The van der Waals surface area contributed by atoms with E-state index in [4.69, 9.17) is 0 Å². The standard InChI is InChI=1S/C11H15NO2/c1-3-8(2)12-11(14)9-5-4-6-10(13)7-9/h4-8,13H,3H2,1-2H3,(H,12,14). The van der Waals surface area contributed by atoms with Gasteiger partial charge in [0.1, 0.15) is 5.75 Å². The zero-order valence-electron chi connectivity index (χ0n) is 8.45. The Bertz CT molecular complexity index is 323. The van der Waals surface area contributed by atoms with Crippen LogP contribution in [0, 0.1) is 0 Å². The second kappa shape index (κ2) is 4.65. The predicted octanol–water partition coefficient (Wildman–Crippen LogP) is 1.92. The molecule has 2 N–H and O–H groups in total. The second-order valence-electron chi connectivity index (χ2n) is 3.33. The largest absolute Gasteiger partial charge is 0.508 e. The fourth-order valence-electron chi connectivity index (χ4n) is 1.06. The van der Waals surface area contributed by atoms with Crippen molar-refractivity contribution in [2.45, 2.75) is 26.3 Å². The number of phenolic OH excluding ortho intramolecular Hbond substituents is 1. The van der Waals surface area contributed by atoms with Crippen LogP contribution in [0.3, 0.4) is 0 Å². The maximum Gasteiger partial charge on any atom is 0.251 e. The van der Waals surface area contributed by atoms with Crippen LogP contribution in [0.5, 0.6) is 5.75 Å². The molecule has 0 aliphatic rings. The predicted molar refractivity (Wildman–Crippen MR) is 55.3 cm³/mol. The molecule has 0 spiro atoms. The topological polar surface area (TPSA) is 49.3 Å². The zero-order chi connectivity index (χ0) is 10.6. The van der Waals surface area contributed by atoms with E-state index in [2.05, 4.69) is 5.32 Å². The van der Waals surface area contributed by atoms with Crippen LogP contribution in [-0.2, 0) is 0 Å². The van der Waals surface area contributed by atoms with Gasteiger partial charge < -0.3 is 10.4 Å². The Hall–Kier alpha value is -1.51. The molecule has 0 fully saturated rings. The summed E-state index contributed by atoms with van der Waals surface area (Å²) in [5.41, 5.74) is 0.491. The maximum atomic E-state index is 11.5. The van der Waals surface area contributed by atoms with E-state index in [1.54, 1.807) is 18.2 Å². The van der Waals surface area contributed by atoms with Gasteiger partial charge in [0, 0.05) is 11.6 Å². The van der Waals surface area contributed by atoms with E-state index in [-0.39, 0.29) is 17.7 Å². The smallest absolute Gasteiger partial charge is 0.251 e. The second-order valence-corrected chi connectivity index (χ2v) is 3.33. The van der Waals surface area contributed by atoms with E-state index >= 15 is 0 Å². The van der Waals surface area contributed by atoms with Crippen molar-refractivity contribution in [3.63, 3.8) is 0 Å². The molecule has 3 nitrogen and oxygen atoms in total. The van der Waals surface area contributed by atoms with E-state index in [0.29, 0.717) is 5.56 Å². The third kappa shape index (κ3) is 2.76. The van der Waals surface area contributed by atoms with Crippen LogP contribution in [0.2, 0.25) is 0 Å². The van der Waals surface area contributed by atoms with Gasteiger partial charge in [-0.05, 0) is 31.5 Å². The first kappa shape index (κ1) is 10.6. The number of phenols is 1. The lowest BCUT2D eigenvalue weighted by Gasteiger charge is -2.11. The number of carbonyl (C=O) groups excluding carboxylic acids is 1. The fraction of sp³-hybridized carbons (Fsp3) is 0.364. The molecule has 14 heavy (non-hydrogen) atoms. The SMILES string of the molecule is CCC(C)NC(=O)c1cccc(O)c1. The molecule has 1 amide bonds. The minimum absolute atomic E-state index is 0.113. The average Bonchev–Trinajstić information content (AvgIpc) is 2.17. The quantitative estimate of drug-likeness (QED) is 0.770. The van der Waals surface area contributed by atoms with Gasteiger partial charge in [0.15, 0.2) is 0 Å². The lowest BCUT2D eigenvalue weighted by atomic mass is 10.2. The molecule has 1 unspecified atom stereocenters. The summed E-state index contributed by atoms with van der Waals surface area (Å²) >= 11 is 0. The van der Waals surface area contributed by atoms with Crippen molar-refractivity contribution in [2.75, 3.05) is 0 Å². The molecular formula is C11H15NO2. The van der Waals surface area contributed by atoms with E-state index < -0.39 is 0 Å². The summed E-state index contributed by atoms with van der Waals surface area (Å²) in [7, 11) is 0. The first-order valence-corrected chi connectivity index (χ1v) is 4.73. The number of hydrogen-bond acceptors (Lipinski definition) is 2. The van der Waals surface area contributed by atoms with Crippen molar-refractivity contribution < 1.29 is 9.90 Å². The van der Waals surface area contributed by atoms with E-state index in [9.17, 15) is 9.90 Å². The number of hydrogen-bond donors (Lipinski definition) is 2. The molecular weight excluding hydrogens is 178 g/mol. The van der Waals surface area contributed by atoms with E-state index in [1.807, 2.05) is 13.8 Å². The van der Waals surface area contributed by atoms with Crippen LogP contribution in [-0.4, -0.2) is 17.1 Å². The molecule has 0 aliphatic heterocycles. The number of carbonyl (C=O) groups is 1. The van der Waals surface area contributed by atoms with Crippen LogP contribution in [0.25, 0.3) is 0 Å². The first-order chi connectivity index (χ1) is 6.63. The Morgan fingerprint density at radius 2 is 2.29 bits per heavy atom. The highest BCUT2D eigenvalue weighted by atomic mass is 16.3. The van der Waals surface area contributed by atoms with Crippen molar-refractivity contribution in [1.82, 2.24) is 5.32 Å². The van der Waals surface area contributed by atoms with Crippen LogP contribution in [0.15, 0.2) is 24.3 Å². The summed E-state index contributed by atoms with van der Waals surface area (Å²) in [4.78, 5) is 11.5. The molecule has 0 radical (unpaired) electrons. The van der Waals surface area contributed by atoms with E-state index in [0.717, 1.165) is 6.42 Å². The Labute approximate surface area is 83.8 Å². The van der Waals surface area contributed by atoms with Crippen molar-refractivity contribution in [3.8, 4) is 5.75 Å². The summed E-state index contributed by atoms with van der Waals surface area (Å²) in [6.45, 7) is 3.95. The Morgan fingerprint density at radius 3 is 2.86 bits per heavy atom. The molecule has 0 aliphatic carbocycles. The van der Waals surface area contributed by atoms with E-state index in [1.165, 1.54) is 6.07 Å². The lowest BCUT2D eigenvalue weighted by Crippen LogP contribution is -2.31. The molecule has 76 valence electrons. The highest BCUT2D eigenvalue weighted by Gasteiger charge is 2.08. The molecule has 1 aromatic rings. The van der Waals surface area contributed by atoms with Crippen molar-refractivity contribution in [2.24, 2.45) is 0 Å². The highest BCUT2D eigenvalue weighted by Crippen LogP contribution is 2.10. The summed E-state index contributed by atoms with van der Waals surface area (Å²) in [6.07, 6.45) is 0.893. The van der Waals surface area contributed by atoms with Crippen LogP contribution >= 0.6 is 0 Å². The Kier molecular flexibility index (Phi) is 3.51. The zero-order valence-corrected chi connectivity index (χ0v) is 8.45.